The smallest absolute Gasteiger partial charge is 0.224 e. The first kappa shape index (κ1) is 18.0. The number of nitrogens with zero attached hydrogens (tertiary/aromatic N) is 2. The van der Waals surface area contributed by atoms with Crippen LogP contribution in [0.25, 0.3) is 0 Å². The van der Waals surface area contributed by atoms with Crippen LogP contribution in [0.3, 0.4) is 0 Å². The molecule has 0 spiro atoms. The first-order valence-corrected chi connectivity index (χ1v) is 8.63. The van der Waals surface area contributed by atoms with Gasteiger partial charge in [-0.1, -0.05) is 12.1 Å². The molecular weight excluding hydrogens is 332 g/mol. The molecule has 7 nitrogen and oxygen atoms in total. The number of aryl methyl sites for hydroxylation is 2. The summed E-state index contributed by atoms with van der Waals surface area (Å²) in [6.45, 7) is 4.79. The zero-order valence-corrected chi connectivity index (χ0v) is 15.3. The summed E-state index contributed by atoms with van der Waals surface area (Å²) in [5.41, 5.74) is 9.05. The predicted octanol–water partition coefficient (Wildman–Crippen LogP) is 1.59. The molecule has 3 N–H and O–H groups in total. The van der Waals surface area contributed by atoms with E-state index in [4.69, 9.17) is 15.2 Å². The van der Waals surface area contributed by atoms with E-state index in [1.54, 1.807) is 7.11 Å². The highest BCUT2D eigenvalue weighted by Gasteiger charge is 2.23. The third-order valence-electron chi connectivity index (χ3n) is 4.62. The number of carbonyl (C=O) groups is 1. The van der Waals surface area contributed by atoms with Crippen molar-refractivity contribution in [3.63, 3.8) is 0 Å². The van der Waals surface area contributed by atoms with Crippen LogP contribution in [-0.2, 0) is 17.6 Å². The van der Waals surface area contributed by atoms with Crippen LogP contribution in [0.2, 0.25) is 0 Å². The number of anilines is 1. The first-order valence-electron chi connectivity index (χ1n) is 8.63. The number of hydrogen-bond donors (Lipinski definition) is 2. The normalized spacial score (nSPS) is 15.7. The molecule has 2 heterocycles. The SMILES string of the molecule is COc1cccc2c1OC[C@@H](CNC(=O)Cc1c(C)nc(N)nc1C)C2. The van der Waals surface area contributed by atoms with E-state index in [9.17, 15) is 4.79 Å². The lowest BCUT2D eigenvalue weighted by Crippen LogP contribution is -2.35. The van der Waals surface area contributed by atoms with E-state index in [2.05, 4.69) is 15.3 Å². The number of ether oxygens (including phenoxy) is 2. The van der Waals surface area contributed by atoms with Gasteiger partial charge in [-0.2, -0.15) is 0 Å². The van der Waals surface area contributed by atoms with Gasteiger partial charge < -0.3 is 20.5 Å². The number of methoxy groups -OCH3 is 1. The van der Waals surface area contributed by atoms with Gasteiger partial charge in [0, 0.05) is 29.4 Å². The maximum absolute atomic E-state index is 12.3. The topological polar surface area (TPSA) is 99.4 Å². The molecule has 1 aromatic carbocycles. The average Bonchev–Trinajstić information content (AvgIpc) is 2.62. The van der Waals surface area contributed by atoms with E-state index in [1.807, 2.05) is 32.0 Å². The Kier molecular flexibility index (Phi) is 5.25. The molecule has 0 fully saturated rings. The second-order valence-corrected chi connectivity index (χ2v) is 6.54. The number of nitrogen functional groups attached to an aromatic ring is 1. The summed E-state index contributed by atoms with van der Waals surface area (Å²) < 4.78 is 11.2. The minimum Gasteiger partial charge on any atom is -0.493 e. The number of hydrogen-bond acceptors (Lipinski definition) is 6. The summed E-state index contributed by atoms with van der Waals surface area (Å²) in [7, 11) is 1.64. The number of amides is 1. The summed E-state index contributed by atoms with van der Waals surface area (Å²) in [5.74, 6) is 1.96. The van der Waals surface area contributed by atoms with Crippen molar-refractivity contribution in [1.82, 2.24) is 15.3 Å². The van der Waals surface area contributed by atoms with Crippen LogP contribution in [0, 0.1) is 19.8 Å². The fourth-order valence-electron chi connectivity index (χ4n) is 3.25. The lowest BCUT2D eigenvalue weighted by molar-refractivity contribution is -0.120. The van der Waals surface area contributed by atoms with Crippen molar-refractivity contribution in [2.24, 2.45) is 5.92 Å². The zero-order valence-electron chi connectivity index (χ0n) is 15.3. The molecule has 0 radical (unpaired) electrons. The van der Waals surface area contributed by atoms with E-state index >= 15 is 0 Å². The molecule has 0 unspecified atom stereocenters. The number of para-hydroxylation sites is 1. The van der Waals surface area contributed by atoms with Crippen LogP contribution in [0.5, 0.6) is 11.5 Å². The summed E-state index contributed by atoms with van der Waals surface area (Å²) in [6.07, 6.45) is 1.09. The average molecular weight is 356 g/mol. The van der Waals surface area contributed by atoms with Gasteiger partial charge >= 0.3 is 0 Å². The summed E-state index contributed by atoms with van der Waals surface area (Å²) in [4.78, 5) is 20.6. The number of nitrogens with two attached hydrogens (primary N) is 1. The monoisotopic (exact) mass is 356 g/mol. The molecule has 0 bridgehead atoms. The highest BCUT2D eigenvalue weighted by molar-refractivity contribution is 5.79. The van der Waals surface area contributed by atoms with E-state index in [-0.39, 0.29) is 24.2 Å². The van der Waals surface area contributed by atoms with Gasteiger partial charge in [0.25, 0.3) is 0 Å². The van der Waals surface area contributed by atoms with Crippen LogP contribution in [-0.4, -0.2) is 36.1 Å². The van der Waals surface area contributed by atoms with Gasteiger partial charge in [0.15, 0.2) is 11.5 Å². The Labute approximate surface area is 152 Å². The van der Waals surface area contributed by atoms with E-state index < -0.39 is 0 Å². The van der Waals surface area contributed by atoms with Crippen molar-refractivity contribution in [2.45, 2.75) is 26.7 Å². The Balaban J connectivity index is 1.57. The molecule has 1 aliphatic rings. The largest absolute Gasteiger partial charge is 0.493 e. The van der Waals surface area contributed by atoms with Crippen molar-refractivity contribution in [2.75, 3.05) is 26.0 Å². The van der Waals surface area contributed by atoms with Crippen molar-refractivity contribution in [3.05, 3.63) is 40.7 Å². The van der Waals surface area contributed by atoms with Gasteiger partial charge in [-0.25, -0.2) is 9.97 Å². The molecule has 0 saturated heterocycles. The molecule has 2 aromatic rings. The van der Waals surface area contributed by atoms with Gasteiger partial charge in [0.05, 0.1) is 20.1 Å². The van der Waals surface area contributed by atoms with Gasteiger partial charge in [0.1, 0.15) is 0 Å². The predicted molar refractivity (Wildman–Crippen MR) is 98.3 cm³/mol. The van der Waals surface area contributed by atoms with Gasteiger partial charge in [-0.05, 0) is 31.9 Å². The number of fused-ring (bicyclic) bond motifs is 1. The highest BCUT2D eigenvalue weighted by atomic mass is 16.5. The molecule has 1 aliphatic heterocycles. The minimum atomic E-state index is -0.0546. The second kappa shape index (κ2) is 7.59. The Hall–Kier alpha value is -2.83. The zero-order chi connectivity index (χ0) is 18.7. The summed E-state index contributed by atoms with van der Waals surface area (Å²) in [5, 5.41) is 2.99. The Morgan fingerprint density at radius 3 is 2.77 bits per heavy atom. The number of benzene rings is 1. The molecule has 138 valence electrons. The van der Waals surface area contributed by atoms with Crippen molar-refractivity contribution < 1.29 is 14.3 Å². The third kappa shape index (κ3) is 3.87. The quantitative estimate of drug-likeness (QED) is 0.844. The van der Waals surface area contributed by atoms with Crippen molar-refractivity contribution in [3.8, 4) is 11.5 Å². The van der Waals surface area contributed by atoms with Crippen LogP contribution in [0.15, 0.2) is 18.2 Å². The van der Waals surface area contributed by atoms with Crippen LogP contribution < -0.4 is 20.5 Å². The molecule has 0 aliphatic carbocycles. The molecule has 1 amide bonds. The molecule has 7 heteroatoms. The molecule has 26 heavy (non-hydrogen) atoms. The van der Waals surface area contributed by atoms with E-state index in [0.717, 1.165) is 40.4 Å². The molecular formula is C19H24N4O3. The van der Waals surface area contributed by atoms with Crippen LogP contribution in [0.1, 0.15) is 22.5 Å². The second-order valence-electron chi connectivity index (χ2n) is 6.54. The van der Waals surface area contributed by atoms with Crippen LogP contribution in [0.4, 0.5) is 5.95 Å². The van der Waals surface area contributed by atoms with Gasteiger partial charge in [0.2, 0.25) is 11.9 Å². The van der Waals surface area contributed by atoms with Crippen molar-refractivity contribution >= 4 is 11.9 Å². The summed E-state index contributed by atoms with van der Waals surface area (Å²) >= 11 is 0. The first-order chi connectivity index (χ1) is 12.5. The highest BCUT2D eigenvalue weighted by Crippen LogP contribution is 2.35. The maximum Gasteiger partial charge on any atom is 0.224 e. The molecule has 1 atom stereocenters. The maximum atomic E-state index is 12.3. The van der Waals surface area contributed by atoms with E-state index in [1.165, 1.54) is 0 Å². The van der Waals surface area contributed by atoms with Gasteiger partial charge in [-0.15, -0.1) is 0 Å². The number of nitrogens with one attached hydrogen (secondary N) is 1. The standard InChI is InChI=1S/C19H24N4O3/c1-11-15(12(2)23-19(20)22-11)8-17(24)21-9-13-7-14-5-4-6-16(25-3)18(14)26-10-13/h4-6,13H,7-10H2,1-3H3,(H,21,24)(H2,20,22,23)/t13-/m1/s1. The van der Waals surface area contributed by atoms with E-state index in [0.29, 0.717) is 13.2 Å². The lowest BCUT2D eigenvalue weighted by Gasteiger charge is -2.26. The number of aromatic nitrogens is 2. The van der Waals surface area contributed by atoms with Crippen molar-refractivity contribution in [1.29, 1.82) is 0 Å². The number of rotatable bonds is 5. The molecule has 0 saturated carbocycles. The van der Waals surface area contributed by atoms with Crippen LogP contribution >= 0.6 is 0 Å². The Morgan fingerprint density at radius 2 is 2.08 bits per heavy atom. The fraction of sp³-hybridized carbons (Fsp3) is 0.421. The number of carbonyl (C=O) groups excluding carboxylic acids is 1. The molecule has 3 rings (SSSR count). The fourth-order valence-corrected chi connectivity index (χ4v) is 3.25. The summed E-state index contributed by atoms with van der Waals surface area (Å²) in [6, 6.07) is 5.87. The molecule has 1 aromatic heterocycles. The minimum absolute atomic E-state index is 0.0546. The van der Waals surface area contributed by atoms with Gasteiger partial charge in [-0.3, -0.25) is 4.79 Å². The third-order valence-corrected chi connectivity index (χ3v) is 4.62. The Morgan fingerprint density at radius 1 is 1.35 bits per heavy atom. The lowest BCUT2D eigenvalue weighted by atomic mass is 9.96. The Bertz CT molecular complexity index is 799.